The molecule has 1 amide bonds. The maximum Gasteiger partial charge on any atom is 0.209 e. The summed E-state index contributed by atoms with van der Waals surface area (Å²) in [7, 11) is 1.89. The van der Waals surface area contributed by atoms with Gasteiger partial charge in [-0.1, -0.05) is 33.8 Å². The minimum absolute atomic E-state index is 0.794. The molecule has 0 aromatic carbocycles. The minimum Gasteiger partial charge on any atom is -0.385 e. The van der Waals surface area contributed by atoms with Crippen LogP contribution in [0, 0.1) is 5.92 Å². The minimum atomic E-state index is 0.794. The summed E-state index contributed by atoms with van der Waals surface area (Å²) < 4.78 is 1.76. The van der Waals surface area contributed by atoms with Crippen LogP contribution in [0.2, 0.25) is 0 Å². The Hall–Kier alpha value is -3.16. The zero-order valence-electron chi connectivity index (χ0n) is 20.9. The quantitative estimate of drug-likeness (QED) is 0.531. The molecule has 0 radical (unpaired) electrons. The van der Waals surface area contributed by atoms with Gasteiger partial charge in [0.05, 0.1) is 18.1 Å². The SMILES string of the molecule is CC(C)C.CC/C=C(/NCC)c1c[nH]c2ncc(-c3cnn(C)c3)nc12.O=CN1CCCC1. The third kappa shape index (κ3) is 8.04. The summed E-state index contributed by atoms with van der Waals surface area (Å²) in [6.07, 6.45) is 13.9. The summed E-state index contributed by atoms with van der Waals surface area (Å²) in [5.41, 5.74) is 5.61. The van der Waals surface area contributed by atoms with Crippen LogP contribution < -0.4 is 5.32 Å². The molecule has 1 fully saturated rings. The highest BCUT2D eigenvalue weighted by atomic mass is 16.1. The molecule has 0 spiro atoms. The van der Waals surface area contributed by atoms with Crippen LogP contribution in [0.5, 0.6) is 0 Å². The number of carbonyl (C=O) groups excluding carboxylic acids is 1. The van der Waals surface area contributed by atoms with Crippen molar-refractivity contribution in [3.8, 4) is 11.3 Å². The van der Waals surface area contributed by atoms with Crippen molar-refractivity contribution in [3.63, 3.8) is 0 Å². The molecule has 0 bridgehead atoms. The van der Waals surface area contributed by atoms with E-state index in [1.807, 2.05) is 19.4 Å². The average Bonchev–Trinajstić information content (AvgIpc) is 3.54. The molecule has 0 unspecified atom stereocenters. The number of allylic oxidation sites excluding steroid dienone is 1. The van der Waals surface area contributed by atoms with Crippen molar-refractivity contribution in [2.24, 2.45) is 13.0 Å². The normalized spacial score (nSPS) is 13.4. The Balaban J connectivity index is 0.000000290. The molecule has 1 aliphatic heterocycles. The molecule has 0 atom stereocenters. The Morgan fingerprint density at radius 2 is 1.91 bits per heavy atom. The number of likely N-dealkylation sites (tertiary alicyclic amines) is 1. The lowest BCUT2D eigenvalue weighted by molar-refractivity contribution is -0.117. The van der Waals surface area contributed by atoms with Crippen LogP contribution in [0.25, 0.3) is 28.1 Å². The zero-order valence-corrected chi connectivity index (χ0v) is 20.9. The number of aryl methyl sites for hydroxylation is 1. The van der Waals surface area contributed by atoms with Gasteiger partial charge in [0.25, 0.3) is 0 Å². The van der Waals surface area contributed by atoms with E-state index in [0.29, 0.717) is 0 Å². The molecule has 2 N–H and O–H groups in total. The van der Waals surface area contributed by atoms with Gasteiger partial charge in [0.1, 0.15) is 5.52 Å². The summed E-state index contributed by atoms with van der Waals surface area (Å²) >= 11 is 0. The predicted octanol–water partition coefficient (Wildman–Crippen LogP) is 4.62. The molecular formula is C25H39N7O. The first-order valence-electron chi connectivity index (χ1n) is 11.9. The highest BCUT2D eigenvalue weighted by Gasteiger charge is 2.12. The summed E-state index contributed by atoms with van der Waals surface area (Å²) in [6.45, 7) is 13.5. The number of H-pyrrole nitrogens is 1. The number of hydrogen-bond donors (Lipinski definition) is 2. The van der Waals surface area contributed by atoms with Crippen LogP contribution in [-0.2, 0) is 11.8 Å². The number of hydrogen-bond acceptors (Lipinski definition) is 5. The lowest BCUT2D eigenvalue weighted by Gasteiger charge is -2.07. The first kappa shape index (κ1) is 26.1. The van der Waals surface area contributed by atoms with E-state index in [9.17, 15) is 4.79 Å². The Morgan fingerprint density at radius 1 is 1.21 bits per heavy atom. The summed E-state index contributed by atoms with van der Waals surface area (Å²) in [4.78, 5) is 24.2. The van der Waals surface area contributed by atoms with Crippen LogP contribution in [0.4, 0.5) is 0 Å². The first-order valence-corrected chi connectivity index (χ1v) is 11.9. The molecule has 180 valence electrons. The first-order chi connectivity index (χ1) is 15.9. The van der Waals surface area contributed by atoms with Gasteiger partial charge in [-0.2, -0.15) is 5.10 Å². The predicted molar refractivity (Wildman–Crippen MR) is 135 cm³/mol. The Bertz CT molecular complexity index is 1010. The van der Waals surface area contributed by atoms with E-state index in [0.717, 1.165) is 72.1 Å². The number of nitrogens with one attached hydrogen (secondary N) is 2. The van der Waals surface area contributed by atoms with Crippen molar-refractivity contribution in [2.75, 3.05) is 19.6 Å². The van der Waals surface area contributed by atoms with Crippen molar-refractivity contribution >= 4 is 23.3 Å². The van der Waals surface area contributed by atoms with Gasteiger partial charge >= 0.3 is 0 Å². The van der Waals surface area contributed by atoms with Crippen molar-refractivity contribution in [2.45, 2.75) is 53.9 Å². The standard InChI is InChI=1S/C16H20N6.C5H9NO.C4H10/c1-4-6-13(17-5-2)12-8-18-16-15(12)21-14(9-19-16)11-7-20-22(3)10-11;7-5-6-3-1-2-4-6;1-4(2)3/h6-10,17H,4-5H2,1-3H3,(H,18,19);5H,1-4H2;4H,1-3H3/b13-6+;;. The van der Waals surface area contributed by atoms with Gasteiger partial charge in [-0.15, -0.1) is 0 Å². The van der Waals surface area contributed by atoms with E-state index in [-0.39, 0.29) is 0 Å². The average molecular weight is 454 g/mol. The molecule has 4 rings (SSSR count). The van der Waals surface area contributed by atoms with Gasteiger partial charge in [-0.05, 0) is 32.1 Å². The smallest absolute Gasteiger partial charge is 0.209 e. The van der Waals surface area contributed by atoms with Gasteiger partial charge in [-0.25, -0.2) is 9.97 Å². The molecule has 8 nitrogen and oxygen atoms in total. The number of aromatic nitrogens is 5. The van der Waals surface area contributed by atoms with E-state index in [1.54, 1.807) is 22.0 Å². The number of rotatable bonds is 6. The summed E-state index contributed by atoms with van der Waals surface area (Å²) in [6, 6.07) is 0. The number of nitrogens with zero attached hydrogens (tertiary/aromatic N) is 5. The summed E-state index contributed by atoms with van der Waals surface area (Å²) in [5.74, 6) is 0.833. The number of carbonyl (C=O) groups is 1. The fourth-order valence-corrected chi connectivity index (χ4v) is 3.31. The second kappa shape index (κ2) is 13.4. The Morgan fingerprint density at radius 3 is 2.42 bits per heavy atom. The summed E-state index contributed by atoms with van der Waals surface area (Å²) in [5, 5.41) is 7.59. The maximum absolute atomic E-state index is 9.93. The number of fused-ring (bicyclic) bond motifs is 1. The molecule has 1 saturated heterocycles. The van der Waals surface area contributed by atoms with E-state index >= 15 is 0 Å². The molecule has 3 aromatic rings. The zero-order chi connectivity index (χ0) is 24.2. The molecule has 8 heteroatoms. The van der Waals surface area contributed by atoms with Crippen LogP contribution in [0.3, 0.4) is 0 Å². The lowest BCUT2D eigenvalue weighted by atomic mass is 10.2. The second-order valence-electron chi connectivity index (χ2n) is 8.69. The Labute approximate surface area is 197 Å². The molecule has 4 heterocycles. The van der Waals surface area contributed by atoms with E-state index in [4.69, 9.17) is 4.98 Å². The van der Waals surface area contributed by atoms with Gasteiger partial charge < -0.3 is 15.2 Å². The number of amides is 1. The van der Waals surface area contributed by atoms with Crippen LogP contribution in [-0.4, -0.2) is 55.7 Å². The van der Waals surface area contributed by atoms with Crippen LogP contribution in [0.1, 0.15) is 59.4 Å². The van der Waals surface area contributed by atoms with E-state index in [1.165, 1.54) is 12.8 Å². The second-order valence-corrected chi connectivity index (χ2v) is 8.69. The Kier molecular flexibility index (Phi) is 10.6. The van der Waals surface area contributed by atoms with E-state index in [2.05, 4.69) is 61.1 Å². The van der Waals surface area contributed by atoms with Crippen molar-refractivity contribution < 1.29 is 4.79 Å². The largest absolute Gasteiger partial charge is 0.385 e. The van der Waals surface area contributed by atoms with Crippen LogP contribution in [0.15, 0.2) is 30.9 Å². The molecule has 3 aromatic heterocycles. The third-order valence-corrected chi connectivity index (χ3v) is 4.74. The van der Waals surface area contributed by atoms with Gasteiger partial charge in [0.15, 0.2) is 5.65 Å². The molecule has 1 aliphatic rings. The molecule has 0 aliphatic carbocycles. The maximum atomic E-state index is 9.93. The highest BCUT2D eigenvalue weighted by Crippen LogP contribution is 2.24. The van der Waals surface area contributed by atoms with Crippen molar-refractivity contribution in [3.05, 3.63) is 36.4 Å². The molecule has 33 heavy (non-hydrogen) atoms. The van der Waals surface area contributed by atoms with Crippen molar-refractivity contribution in [1.82, 2.24) is 34.9 Å². The lowest BCUT2D eigenvalue weighted by Crippen LogP contribution is -2.15. The fourth-order valence-electron chi connectivity index (χ4n) is 3.31. The third-order valence-electron chi connectivity index (χ3n) is 4.74. The van der Waals surface area contributed by atoms with E-state index < -0.39 is 0 Å². The number of aromatic amines is 1. The highest BCUT2D eigenvalue weighted by molar-refractivity contribution is 5.88. The van der Waals surface area contributed by atoms with Crippen molar-refractivity contribution in [1.29, 1.82) is 0 Å². The monoisotopic (exact) mass is 453 g/mol. The molecule has 0 saturated carbocycles. The van der Waals surface area contributed by atoms with Crippen LogP contribution >= 0.6 is 0 Å². The topological polar surface area (TPSA) is 91.7 Å². The van der Waals surface area contributed by atoms with Gasteiger partial charge in [0.2, 0.25) is 6.41 Å². The fraction of sp³-hybridized carbons (Fsp3) is 0.520. The molecular weight excluding hydrogens is 414 g/mol. The van der Waals surface area contributed by atoms with Gasteiger partial charge in [0, 0.05) is 55.9 Å². The van der Waals surface area contributed by atoms with Gasteiger partial charge in [-0.3, -0.25) is 9.48 Å².